The van der Waals surface area contributed by atoms with E-state index in [0.717, 1.165) is 28.0 Å². The molecule has 42 heavy (non-hydrogen) atoms. The molecule has 0 spiro atoms. The molecule has 1 saturated carbocycles. The van der Waals surface area contributed by atoms with Crippen LogP contribution in [0.25, 0.3) is 0 Å². The lowest BCUT2D eigenvalue weighted by Crippen LogP contribution is -2.66. The molecular formula is C35H38O7. The summed E-state index contributed by atoms with van der Waals surface area (Å²) in [6.45, 7) is 0.979. The molecule has 4 aromatic carbocycles. The van der Waals surface area contributed by atoms with Crippen LogP contribution in [0.4, 0.5) is 0 Å². The fourth-order valence-corrected chi connectivity index (χ4v) is 5.13. The minimum atomic E-state index is -1.27. The second-order valence-electron chi connectivity index (χ2n) is 10.4. The molecule has 2 N–H and O–H groups in total. The van der Waals surface area contributed by atoms with Crippen molar-refractivity contribution in [1.29, 1.82) is 0 Å². The minimum absolute atomic E-state index is 0.235. The Bertz CT molecular complexity index is 1320. The Hall–Kier alpha value is -3.56. The van der Waals surface area contributed by atoms with Gasteiger partial charge >= 0.3 is 0 Å². The number of benzene rings is 4. The van der Waals surface area contributed by atoms with Gasteiger partial charge in [0.25, 0.3) is 0 Å². The van der Waals surface area contributed by atoms with Crippen LogP contribution in [0.3, 0.4) is 0 Å². The number of hydrogen-bond acceptors (Lipinski definition) is 7. The number of rotatable bonds is 13. The van der Waals surface area contributed by atoms with E-state index in [2.05, 4.69) is 0 Å². The number of ether oxygens (including phenoxy) is 5. The van der Waals surface area contributed by atoms with Crippen molar-refractivity contribution in [3.05, 3.63) is 138 Å². The van der Waals surface area contributed by atoms with Gasteiger partial charge in [0.05, 0.1) is 33.5 Å². The van der Waals surface area contributed by atoms with Crippen molar-refractivity contribution in [2.24, 2.45) is 0 Å². The van der Waals surface area contributed by atoms with Gasteiger partial charge in [-0.05, 0) is 34.4 Å². The molecule has 0 saturated heterocycles. The van der Waals surface area contributed by atoms with Crippen LogP contribution < -0.4 is 4.74 Å². The molecule has 1 aliphatic rings. The summed E-state index contributed by atoms with van der Waals surface area (Å²) in [5.41, 5.74) is 3.77. The molecule has 0 aromatic heterocycles. The van der Waals surface area contributed by atoms with Crippen LogP contribution in [0.2, 0.25) is 0 Å². The SMILES string of the molecule is COc1ccc(CO[C@H]2[C@H](OCc3ccccc3)[C@@H](OCc3ccccc3)[C@H](O)[C@@H](O)[C@H]2OCc2ccccc2)cc1. The monoisotopic (exact) mass is 570 g/mol. The third-order valence-electron chi connectivity index (χ3n) is 7.45. The molecule has 0 heterocycles. The van der Waals surface area contributed by atoms with Gasteiger partial charge in [0.2, 0.25) is 0 Å². The first-order valence-corrected chi connectivity index (χ1v) is 14.2. The molecule has 220 valence electrons. The topological polar surface area (TPSA) is 86.6 Å². The smallest absolute Gasteiger partial charge is 0.118 e. The van der Waals surface area contributed by atoms with Gasteiger partial charge in [-0.2, -0.15) is 0 Å². The van der Waals surface area contributed by atoms with Crippen LogP contribution in [0.1, 0.15) is 22.3 Å². The molecule has 0 radical (unpaired) electrons. The summed E-state index contributed by atoms with van der Waals surface area (Å²) in [6, 6.07) is 36.8. The average Bonchev–Trinajstić information content (AvgIpc) is 3.05. The predicted octanol–water partition coefficient (Wildman–Crippen LogP) is 5.07. The summed E-state index contributed by atoms with van der Waals surface area (Å²) in [4.78, 5) is 0. The predicted molar refractivity (Wildman–Crippen MR) is 159 cm³/mol. The molecule has 0 amide bonds. The Labute approximate surface area is 247 Å². The molecule has 7 nitrogen and oxygen atoms in total. The summed E-state index contributed by atoms with van der Waals surface area (Å²) in [5.74, 6) is 0.748. The molecule has 7 heteroatoms. The summed E-state index contributed by atoms with van der Waals surface area (Å²) in [7, 11) is 1.62. The van der Waals surface area contributed by atoms with Crippen molar-refractivity contribution >= 4 is 0 Å². The van der Waals surface area contributed by atoms with Gasteiger partial charge in [-0.1, -0.05) is 103 Å². The number of methoxy groups -OCH3 is 1. The Morgan fingerprint density at radius 1 is 0.429 bits per heavy atom. The second-order valence-corrected chi connectivity index (χ2v) is 10.4. The Kier molecular flexibility index (Phi) is 10.7. The quantitative estimate of drug-likeness (QED) is 0.232. The molecular weight excluding hydrogens is 532 g/mol. The van der Waals surface area contributed by atoms with Gasteiger partial charge in [-0.15, -0.1) is 0 Å². The molecule has 1 fully saturated rings. The molecule has 0 unspecified atom stereocenters. The third kappa shape index (κ3) is 7.83. The molecule has 4 aromatic rings. The molecule has 5 rings (SSSR count). The van der Waals surface area contributed by atoms with Crippen LogP contribution >= 0.6 is 0 Å². The summed E-state index contributed by atoms with van der Waals surface area (Å²) in [5, 5.41) is 22.8. The first-order valence-electron chi connectivity index (χ1n) is 14.2. The second kappa shape index (κ2) is 15.1. The highest BCUT2D eigenvalue weighted by atomic mass is 16.6. The molecule has 6 atom stereocenters. The fourth-order valence-electron chi connectivity index (χ4n) is 5.13. The number of aliphatic hydroxyl groups excluding tert-OH is 2. The van der Waals surface area contributed by atoms with Gasteiger partial charge in [0, 0.05) is 0 Å². The summed E-state index contributed by atoms with van der Waals surface area (Å²) >= 11 is 0. The first-order chi connectivity index (χ1) is 20.6. The van der Waals surface area contributed by atoms with E-state index in [0.29, 0.717) is 0 Å². The Balaban J connectivity index is 1.42. The fraction of sp³-hybridized carbons (Fsp3) is 0.314. The van der Waals surface area contributed by atoms with E-state index in [1.165, 1.54) is 0 Å². The Morgan fingerprint density at radius 3 is 1.07 bits per heavy atom. The maximum Gasteiger partial charge on any atom is 0.118 e. The molecule has 1 aliphatic carbocycles. The maximum absolute atomic E-state index is 11.4. The van der Waals surface area contributed by atoms with Crippen LogP contribution in [0.15, 0.2) is 115 Å². The summed E-state index contributed by atoms with van der Waals surface area (Å²) < 4.78 is 30.9. The zero-order valence-corrected chi connectivity index (χ0v) is 23.7. The zero-order valence-electron chi connectivity index (χ0n) is 23.7. The molecule has 0 aliphatic heterocycles. The van der Waals surface area contributed by atoms with E-state index in [1.807, 2.05) is 115 Å². The number of aliphatic hydroxyl groups is 2. The number of hydrogen-bond donors (Lipinski definition) is 2. The standard InChI is InChI=1S/C35H38O7/c1-38-29-19-17-28(18-20-29)24-42-35-33(40-22-26-13-7-3-8-14-26)31(37)30(36)32(39-21-25-11-5-2-6-12-25)34(35)41-23-27-15-9-4-10-16-27/h2-20,30-37H,21-24H2,1H3/t30-,31-,32+,33-,34-,35-/m1/s1. The van der Waals surface area contributed by atoms with Crippen LogP contribution in [0.5, 0.6) is 5.75 Å². The van der Waals surface area contributed by atoms with Crippen molar-refractivity contribution < 1.29 is 33.9 Å². The largest absolute Gasteiger partial charge is 0.497 e. The van der Waals surface area contributed by atoms with Gasteiger partial charge in [-0.25, -0.2) is 0 Å². The van der Waals surface area contributed by atoms with Crippen molar-refractivity contribution in [3.8, 4) is 5.75 Å². The normalized spacial score (nSPS) is 23.9. The Morgan fingerprint density at radius 2 is 0.738 bits per heavy atom. The van der Waals surface area contributed by atoms with Crippen molar-refractivity contribution in [2.45, 2.75) is 63.1 Å². The highest BCUT2D eigenvalue weighted by Gasteiger charge is 2.52. The zero-order chi connectivity index (χ0) is 29.1. The third-order valence-corrected chi connectivity index (χ3v) is 7.45. The van der Waals surface area contributed by atoms with Crippen molar-refractivity contribution in [2.75, 3.05) is 7.11 Å². The van der Waals surface area contributed by atoms with Crippen molar-refractivity contribution in [1.82, 2.24) is 0 Å². The lowest BCUT2D eigenvalue weighted by Gasteiger charge is -2.47. The van der Waals surface area contributed by atoms with E-state index in [-0.39, 0.29) is 26.4 Å². The maximum atomic E-state index is 11.4. The molecule has 0 bridgehead atoms. The van der Waals surface area contributed by atoms with E-state index in [1.54, 1.807) is 7.11 Å². The first kappa shape index (κ1) is 29.9. The van der Waals surface area contributed by atoms with Gasteiger partial charge in [0.1, 0.15) is 42.4 Å². The lowest BCUT2D eigenvalue weighted by atomic mass is 9.84. The van der Waals surface area contributed by atoms with Crippen molar-refractivity contribution in [3.63, 3.8) is 0 Å². The minimum Gasteiger partial charge on any atom is -0.497 e. The van der Waals surface area contributed by atoms with Crippen LogP contribution in [0, 0.1) is 0 Å². The van der Waals surface area contributed by atoms with E-state index >= 15 is 0 Å². The van der Waals surface area contributed by atoms with E-state index < -0.39 is 36.6 Å². The van der Waals surface area contributed by atoms with Gasteiger partial charge in [0.15, 0.2) is 0 Å². The van der Waals surface area contributed by atoms with Gasteiger partial charge in [-0.3, -0.25) is 0 Å². The van der Waals surface area contributed by atoms with Gasteiger partial charge < -0.3 is 33.9 Å². The van der Waals surface area contributed by atoms with E-state index in [4.69, 9.17) is 23.7 Å². The van der Waals surface area contributed by atoms with Crippen LogP contribution in [-0.2, 0) is 45.4 Å². The lowest BCUT2D eigenvalue weighted by molar-refractivity contribution is -0.273. The van der Waals surface area contributed by atoms with Crippen LogP contribution in [-0.4, -0.2) is 53.9 Å². The summed E-state index contributed by atoms with van der Waals surface area (Å²) in [6.07, 6.45) is -5.79. The highest BCUT2D eigenvalue weighted by molar-refractivity contribution is 5.27. The average molecular weight is 571 g/mol. The van der Waals surface area contributed by atoms with E-state index in [9.17, 15) is 10.2 Å². The highest BCUT2D eigenvalue weighted by Crippen LogP contribution is 2.33.